The Morgan fingerprint density at radius 3 is 2.44 bits per heavy atom. The van der Waals surface area contributed by atoms with Crippen molar-refractivity contribution in [2.75, 3.05) is 6.61 Å². The van der Waals surface area contributed by atoms with Crippen LogP contribution in [0.3, 0.4) is 0 Å². The number of halogens is 1. The van der Waals surface area contributed by atoms with Gasteiger partial charge in [-0.1, -0.05) is 45.3 Å². The van der Waals surface area contributed by atoms with Crippen LogP contribution >= 0.6 is 0 Å². The lowest BCUT2D eigenvalue weighted by Gasteiger charge is -2.29. The largest absolute Gasteiger partial charge is 0.505 e. The molecule has 25 heavy (non-hydrogen) atoms. The minimum absolute atomic E-state index is 0.218. The number of aromatic hydroxyl groups is 1. The third kappa shape index (κ3) is 7.82. The van der Waals surface area contributed by atoms with Gasteiger partial charge in [0.05, 0.1) is 6.61 Å². The Labute approximate surface area is 150 Å². The smallest absolute Gasteiger partial charge is 0.165 e. The summed E-state index contributed by atoms with van der Waals surface area (Å²) >= 11 is 0. The number of aliphatic hydroxyl groups is 1. The first kappa shape index (κ1) is 21.4. The van der Waals surface area contributed by atoms with Gasteiger partial charge in [-0.15, -0.1) is 0 Å². The van der Waals surface area contributed by atoms with Crippen molar-refractivity contribution in [3.05, 3.63) is 41.7 Å². The summed E-state index contributed by atoms with van der Waals surface area (Å²) in [6, 6.07) is 4.87. The number of phenolic OH excluding ortho intramolecular Hbond substituents is 1. The molecule has 0 spiro atoms. The molecule has 0 saturated heterocycles. The Hall–Kier alpha value is -1.68. The molecule has 1 aromatic carbocycles. The third-order valence-corrected chi connectivity index (χ3v) is 4.88. The molecule has 1 aliphatic carbocycles. The average Bonchev–Trinajstić information content (AvgIpc) is 2.64. The number of carbonyl (C=O) groups excluding carboxylic acids is 1. The van der Waals surface area contributed by atoms with E-state index >= 15 is 0 Å². The molecule has 3 nitrogen and oxygen atoms in total. The van der Waals surface area contributed by atoms with Crippen LogP contribution < -0.4 is 0 Å². The number of carbonyl (C=O) groups is 1. The molecule has 140 valence electrons. The SMILES string of the molecule is C=C(C=O)CO.CCCCCC1CCC(c2ccc(O)c(F)c2)CC1. The highest BCUT2D eigenvalue weighted by Crippen LogP contribution is 2.38. The third-order valence-electron chi connectivity index (χ3n) is 4.88. The standard InChI is InChI=1S/C17H25FO.C4H6O2/c1-2-3-4-5-13-6-8-14(9-7-13)15-10-11-17(19)16(18)12-15;1-4(2-5)3-6/h10-14,19H,2-9H2,1H3;2,6H,1,3H2. The summed E-state index contributed by atoms with van der Waals surface area (Å²) < 4.78 is 13.4. The van der Waals surface area contributed by atoms with Crippen molar-refractivity contribution in [1.82, 2.24) is 0 Å². The van der Waals surface area contributed by atoms with Gasteiger partial charge in [0.25, 0.3) is 0 Å². The van der Waals surface area contributed by atoms with Crippen LogP contribution in [0.4, 0.5) is 4.39 Å². The van der Waals surface area contributed by atoms with Crippen molar-refractivity contribution < 1.29 is 19.4 Å². The molecule has 1 aromatic rings. The number of benzene rings is 1. The van der Waals surface area contributed by atoms with E-state index in [0.717, 1.165) is 11.5 Å². The zero-order valence-corrected chi connectivity index (χ0v) is 15.2. The van der Waals surface area contributed by atoms with E-state index in [0.29, 0.717) is 12.2 Å². The van der Waals surface area contributed by atoms with Crippen LogP contribution in [0.1, 0.15) is 69.8 Å². The van der Waals surface area contributed by atoms with Crippen LogP contribution in [0.15, 0.2) is 30.4 Å². The maximum absolute atomic E-state index is 13.4. The van der Waals surface area contributed by atoms with Crippen molar-refractivity contribution in [2.45, 2.75) is 64.2 Å². The van der Waals surface area contributed by atoms with Crippen LogP contribution in [-0.4, -0.2) is 23.1 Å². The Balaban J connectivity index is 0.000000450. The first-order valence-electron chi connectivity index (χ1n) is 9.24. The molecule has 0 amide bonds. The van der Waals surface area contributed by atoms with Gasteiger partial charge in [-0.2, -0.15) is 0 Å². The number of hydrogen-bond acceptors (Lipinski definition) is 3. The number of aliphatic hydroxyl groups excluding tert-OH is 1. The lowest BCUT2D eigenvalue weighted by Crippen LogP contribution is -2.13. The van der Waals surface area contributed by atoms with Crippen LogP contribution in [0, 0.1) is 11.7 Å². The van der Waals surface area contributed by atoms with Gasteiger partial charge < -0.3 is 10.2 Å². The molecular formula is C21H31FO3. The fourth-order valence-electron chi connectivity index (χ4n) is 3.28. The Kier molecular flexibility index (Phi) is 10.1. The first-order valence-corrected chi connectivity index (χ1v) is 9.24. The molecule has 4 heteroatoms. The topological polar surface area (TPSA) is 57.5 Å². The minimum atomic E-state index is -0.484. The van der Waals surface area contributed by atoms with E-state index in [1.807, 2.05) is 6.07 Å². The monoisotopic (exact) mass is 350 g/mol. The molecule has 1 saturated carbocycles. The van der Waals surface area contributed by atoms with Crippen molar-refractivity contribution in [2.24, 2.45) is 5.92 Å². The lowest BCUT2D eigenvalue weighted by molar-refractivity contribution is -0.105. The number of unbranched alkanes of at least 4 members (excludes halogenated alkanes) is 2. The second kappa shape index (κ2) is 11.8. The van der Waals surface area contributed by atoms with E-state index < -0.39 is 5.82 Å². The molecule has 0 heterocycles. The molecule has 1 fully saturated rings. The quantitative estimate of drug-likeness (QED) is 0.408. The van der Waals surface area contributed by atoms with E-state index in [-0.39, 0.29) is 17.9 Å². The Morgan fingerprint density at radius 2 is 1.96 bits per heavy atom. The maximum Gasteiger partial charge on any atom is 0.165 e. The number of hydrogen-bond donors (Lipinski definition) is 2. The highest BCUT2D eigenvalue weighted by molar-refractivity contribution is 5.72. The number of rotatable bonds is 7. The Bertz CT molecular complexity index is 534. The number of phenols is 1. The van der Waals surface area contributed by atoms with Gasteiger partial charge in [-0.3, -0.25) is 4.79 Å². The van der Waals surface area contributed by atoms with E-state index in [1.54, 1.807) is 0 Å². The summed E-state index contributed by atoms with van der Waals surface area (Å²) in [6.45, 7) is 5.19. The van der Waals surface area contributed by atoms with Gasteiger partial charge in [0, 0.05) is 5.57 Å². The van der Waals surface area contributed by atoms with E-state index in [2.05, 4.69) is 13.5 Å². The predicted octanol–water partition coefficient (Wildman–Crippen LogP) is 5.12. The molecule has 1 aliphatic rings. The van der Waals surface area contributed by atoms with E-state index in [4.69, 9.17) is 5.11 Å². The van der Waals surface area contributed by atoms with Crippen LogP contribution in [0.25, 0.3) is 0 Å². The Morgan fingerprint density at radius 1 is 1.28 bits per heavy atom. The van der Waals surface area contributed by atoms with Crippen molar-refractivity contribution in [3.63, 3.8) is 0 Å². The second-order valence-corrected chi connectivity index (χ2v) is 6.86. The molecule has 2 rings (SSSR count). The molecule has 0 bridgehead atoms. The highest BCUT2D eigenvalue weighted by Gasteiger charge is 2.22. The van der Waals surface area contributed by atoms with E-state index in [1.165, 1.54) is 63.5 Å². The molecule has 0 unspecified atom stereocenters. The molecule has 0 aliphatic heterocycles. The second-order valence-electron chi connectivity index (χ2n) is 6.86. The van der Waals surface area contributed by atoms with Crippen molar-refractivity contribution in [3.8, 4) is 5.75 Å². The summed E-state index contributed by atoms with van der Waals surface area (Å²) in [5.41, 5.74) is 1.28. The zero-order valence-electron chi connectivity index (χ0n) is 15.2. The molecular weight excluding hydrogens is 319 g/mol. The summed E-state index contributed by atoms with van der Waals surface area (Å²) in [6.07, 6.45) is 10.8. The first-order chi connectivity index (χ1) is 12.0. The fourth-order valence-corrected chi connectivity index (χ4v) is 3.28. The molecule has 0 aromatic heterocycles. The highest BCUT2D eigenvalue weighted by atomic mass is 19.1. The summed E-state index contributed by atoms with van der Waals surface area (Å²) in [4.78, 5) is 9.48. The van der Waals surface area contributed by atoms with Gasteiger partial charge >= 0.3 is 0 Å². The molecule has 2 N–H and O–H groups in total. The van der Waals surface area contributed by atoms with Gasteiger partial charge in [0.2, 0.25) is 0 Å². The maximum atomic E-state index is 13.4. The van der Waals surface area contributed by atoms with Gasteiger partial charge in [-0.05, 0) is 55.2 Å². The van der Waals surface area contributed by atoms with Crippen LogP contribution in [0.5, 0.6) is 5.75 Å². The van der Waals surface area contributed by atoms with Gasteiger partial charge in [0.1, 0.15) is 6.29 Å². The molecule has 0 radical (unpaired) electrons. The van der Waals surface area contributed by atoms with E-state index in [9.17, 15) is 14.3 Å². The predicted molar refractivity (Wildman–Crippen MR) is 99.2 cm³/mol. The minimum Gasteiger partial charge on any atom is -0.505 e. The van der Waals surface area contributed by atoms with Crippen molar-refractivity contribution in [1.29, 1.82) is 0 Å². The van der Waals surface area contributed by atoms with Crippen LogP contribution in [0.2, 0.25) is 0 Å². The van der Waals surface area contributed by atoms with Gasteiger partial charge in [0.15, 0.2) is 11.6 Å². The summed E-state index contributed by atoms with van der Waals surface area (Å²) in [5.74, 6) is 0.641. The lowest BCUT2D eigenvalue weighted by atomic mass is 9.77. The van der Waals surface area contributed by atoms with Crippen LogP contribution in [-0.2, 0) is 4.79 Å². The fraction of sp³-hybridized carbons (Fsp3) is 0.571. The normalized spacial score (nSPS) is 19.6. The molecule has 0 atom stereocenters. The van der Waals surface area contributed by atoms with Gasteiger partial charge in [-0.25, -0.2) is 4.39 Å². The number of aldehydes is 1. The summed E-state index contributed by atoms with van der Waals surface area (Å²) in [5, 5.41) is 17.2. The summed E-state index contributed by atoms with van der Waals surface area (Å²) in [7, 11) is 0. The van der Waals surface area contributed by atoms with Crippen molar-refractivity contribution >= 4 is 6.29 Å². The average molecular weight is 350 g/mol. The zero-order chi connectivity index (χ0) is 18.7.